The van der Waals surface area contributed by atoms with Crippen LogP contribution >= 0.6 is 11.6 Å². The maximum Gasteiger partial charge on any atom is 0.225 e. The van der Waals surface area contributed by atoms with Crippen LogP contribution in [0.3, 0.4) is 0 Å². The van der Waals surface area contributed by atoms with Gasteiger partial charge in [0.2, 0.25) is 5.91 Å². The molecule has 5 heteroatoms. The first-order valence-electron chi connectivity index (χ1n) is 11.8. The summed E-state index contributed by atoms with van der Waals surface area (Å²) in [4.78, 5) is 14.8. The molecule has 1 saturated heterocycles. The third-order valence-corrected chi connectivity index (χ3v) is 7.55. The molecule has 0 N–H and O–H groups in total. The van der Waals surface area contributed by atoms with Gasteiger partial charge in [0.15, 0.2) is 0 Å². The molecule has 32 heavy (non-hydrogen) atoms. The van der Waals surface area contributed by atoms with Crippen LogP contribution in [-0.2, 0) is 11.2 Å². The Balaban J connectivity index is 1.43. The normalized spacial score (nSPS) is 19.8. The van der Waals surface area contributed by atoms with Crippen LogP contribution in [-0.4, -0.2) is 23.9 Å². The number of hydrogen-bond donors (Lipinski definition) is 0. The summed E-state index contributed by atoms with van der Waals surface area (Å²) in [6, 6.07) is 14.6. The molecule has 0 spiro atoms. The van der Waals surface area contributed by atoms with E-state index in [0.29, 0.717) is 34.4 Å². The summed E-state index contributed by atoms with van der Waals surface area (Å²) in [5, 5.41) is 9.64. The molecule has 0 aromatic heterocycles. The van der Waals surface area contributed by atoms with Crippen LogP contribution in [0.15, 0.2) is 42.5 Å². The average Bonchev–Trinajstić information content (AvgIpc) is 3.50. The second-order valence-electron chi connectivity index (χ2n) is 9.34. The van der Waals surface area contributed by atoms with Crippen molar-refractivity contribution in [3.63, 3.8) is 0 Å². The molecular formula is C27H30ClFN2O. The topological polar surface area (TPSA) is 44.1 Å². The molecule has 1 heterocycles. The molecule has 3 nitrogen and oxygen atoms in total. The number of amides is 1. The van der Waals surface area contributed by atoms with Gasteiger partial charge >= 0.3 is 0 Å². The number of carbonyl (C=O) groups is 1. The summed E-state index contributed by atoms with van der Waals surface area (Å²) in [5.74, 6) is 0.996. The molecule has 2 aromatic carbocycles. The maximum atomic E-state index is 14.4. The van der Waals surface area contributed by atoms with Gasteiger partial charge in [-0.1, -0.05) is 48.7 Å². The second kappa shape index (κ2) is 10.5. The van der Waals surface area contributed by atoms with E-state index in [-0.39, 0.29) is 17.7 Å². The predicted molar refractivity (Wildman–Crippen MR) is 125 cm³/mol. The first-order chi connectivity index (χ1) is 15.5. The van der Waals surface area contributed by atoms with E-state index in [9.17, 15) is 14.4 Å². The highest BCUT2D eigenvalue weighted by Crippen LogP contribution is 2.34. The number of rotatable bonds is 7. The van der Waals surface area contributed by atoms with Crippen molar-refractivity contribution >= 4 is 17.5 Å². The van der Waals surface area contributed by atoms with E-state index in [1.54, 1.807) is 12.1 Å². The predicted octanol–water partition coefficient (Wildman–Crippen LogP) is 6.50. The minimum atomic E-state index is -0.188. The molecule has 2 aliphatic rings. The van der Waals surface area contributed by atoms with Crippen LogP contribution in [0, 0.1) is 29.0 Å². The van der Waals surface area contributed by atoms with E-state index >= 15 is 0 Å². The summed E-state index contributed by atoms with van der Waals surface area (Å²) in [6.07, 6.45) is 7.97. The number of carbonyl (C=O) groups excluding carboxylic acids is 1. The summed E-state index contributed by atoms with van der Waals surface area (Å²) < 4.78 is 14.4. The number of nitrogens with zero attached hydrogens (tertiary/aromatic N) is 2. The molecule has 2 atom stereocenters. The van der Waals surface area contributed by atoms with E-state index < -0.39 is 0 Å². The lowest BCUT2D eigenvalue weighted by Crippen LogP contribution is -2.33. The van der Waals surface area contributed by atoms with Crippen molar-refractivity contribution in [1.82, 2.24) is 4.90 Å². The van der Waals surface area contributed by atoms with Crippen molar-refractivity contribution in [1.29, 1.82) is 5.26 Å². The van der Waals surface area contributed by atoms with Crippen LogP contribution < -0.4 is 0 Å². The SMILES string of the molecule is N#Cc1ccc(C(CC[C@H]2CCN(C(=O)C3CCCC3)C2)Cc2ccccc2F)cc1Cl. The van der Waals surface area contributed by atoms with Crippen molar-refractivity contribution in [2.75, 3.05) is 13.1 Å². The van der Waals surface area contributed by atoms with Crippen molar-refractivity contribution in [3.05, 3.63) is 70.0 Å². The molecule has 1 unspecified atom stereocenters. The Morgan fingerprint density at radius 1 is 1.19 bits per heavy atom. The highest BCUT2D eigenvalue weighted by Gasteiger charge is 2.32. The van der Waals surface area contributed by atoms with Crippen molar-refractivity contribution in [3.8, 4) is 6.07 Å². The lowest BCUT2D eigenvalue weighted by Gasteiger charge is -2.22. The molecule has 4 rings (SSSR count). The third-order valence-electron chi connectivity index (χ3n) is 7.23. The van der Waals surface area contributed by atoms with Gasteiger partial charge in [0.25, 0.3) is 0 Å². The maximum absolute atomic E-state index is 14.4. The Bertz CT molecular complexity index is 995. The quantitative estimate of drug-likeness (QED) is 0.481. The van der Waals surface area contributed by atoms with Crippen LogP contribution in [0.1, 0.15) is 67.6 Å². The van der Waals surface area contributed by atoms with Crippen molar-refractivity contribution < 1.29 is 9.18 Å². The van der Waals surface area contributed by atoms with Gasteiger partial charge < -0.3 is 4.90 Å². The van der Waals surface area contributed by atoms with E-state index in [2.05, 4.69) is 11.0 Å². The van der Waals surface area contributed by atoms with Crippen LogP contribution in [0.2, 0.25) is 5.02 Å². The van der Waals surface area contributed by atoms with Crippen LogP contribution in [0.4, 0.5) is 4.39 Å². The van der Waals surface area contributed by atoms with Crippen molar-refractivity contribution in [2.24, 2.45) is 11.8 Å². The Morgan fingerprint density at radius 2 is 1.97 bits per heavy atom. The third kappa shape index (κ3) is 5.33. The minimum absolute atomic E-state index is 0.108. The van der Waals surface area contributed by atoms with E-state index in [1.807, 2.05) is 24.3 Å². The van der Waals surface area contributed by atoms with Gasteiger partial charge in [0.05, 0.1) is 10.6 Å². The largest absolute Gasteiger partial charge is 0.342 e. The smallest absolute Gasteiger partial charge is 0.225 e. The van der Waals surface area contributed by atoms with Gasteiger partial charge in [0, 0.05) is 19.0 Å². The Hall–Kier alpha value is -2.38. The first-order valence-corrected chi connectivity index (χ1v) is 12.1. The lowest BCUT2D eigenvalue weighted by atomic mass is 9.85. The molecule has 0 radical (unpaired) electrons. The average molecular weight is 453 g/mol. The fraction of sp³-hybridized carbons (Fsp3) is 0.481. The van der Waals surface area contributed by atoms with E-state index in [4.69, 9.17) is 11.6 Å². The molecule has 1 saturated carbocycles. The van der Waals surface area contributed by atoms with Gasteiger partial charge in [0.1, 0.15) is 11.9 Å². The molecule has 0 bridgehead atoms. The van der Waals surface area contributed by atoms with Gasteiger partial charge in [-0.2, -0.15) is 5.26 Å². The van der Waals surface area contributed by atoms with E-state index in [1.165, 1.54) is 18.9 Å². The van der Waals surface area contributed by atoms with E-state index in [0.717, 1.165) is 50.8 Å². The zero-order chi connectivity index (χ0) is 22.5. The Morgan fingerprint density at radius 3 is 2.69 bits per heavy atom. The minimum Gasteiger partial charge on any atom is -0.342 e. The Labute approximate surface area is 195 Å². The van der Waals surface area contributed by atoms with Gasteiger partial charge in [-0.3, -0.25) is 4.79 Å². The monoisotopic (exact) mass is 452 g/mol. The highest BCUT2D eigenvalue weighted by molar-refractivity contribution is 6.31. The number of benzene rings is 2. The lowest BCUT2D eigenvalue weighted by molar-refractivity contribution is -0.134. The van der Waals surface area contributed by atoms with Gasteiger partial charge in [-0.25, -0.2) is 4.39 Å². The first kappa shape index (κ1) is 22.8. The summed E-state index contributed by atoms with van der Waals surface area (Å²) in [7, 11) is 0. The standard InChI is InChI=1S/C27H30ClFN2O/c28-25-16-22(11-12-24(25)17-30)21(15-23-7-3-4-8-26(23)29)10-9-19-13-14-31(18-19)27(32)20-5-1-2-6-20/h3-4,7-8,11-12,16,19-21H,1-2,5-6,9-10,13-15,18H2/t19-,21?/m0/s1. The van der Waals surface area contributed by atoms with Crippen LogP contribution in [0.25, 0.3) is 0 Å². The number of hydrogen-bond acceptors (Lipinski definition) is 2. The molecule has 168 valence electrons. The molecule has 2 aromatic rings. The fourth-order valence-corrected chi connectivity index (χ4v) is 5.56. The van der Waals surface area contributed by atoms with Gasteiger partial charge in [-0.15, -0.1) is 0 Å². The fourth-order valence-electron chi connectivity index (χ4n) is 5.33. The Kier molecular flexibility index (Phi) is 7.48. The summed E-state index contributed by atoms with van der Waals surface area (Å²) in [5.41, 5.74) is 2.19. The number of nitriles is 1. The highest BCUT2D eigenvalue weighted by atomic mass is 35.5. The zero-order valence-corrected chi connectivity index (χ0v) is 19.2. The van der Waals surface area contributed by atoms with Crippen LogP contribution in [0.5, 0.6) is 0 Å². The summed E-state index contributed by atoms with van der Waals surface area (Å²) >= 11 is 6.31. The summed E-state index contributed by atoms with van der Waals surface area (Å²) in [6.45, 7) is 1.70. The molecule has 1 aliphatic carbocycles. The number of halogens is 2. The zero-order valence-electron chi connectivity index (χ0n) is 18.4. The number of likely N-dealkylation sites (tertiary alicyclic amines) is 1. The molecular weight excluding hydrogens is 423 g/mol. The molecule has 1 aliphatic heterocycles. The second-order valence-corrected chi connectivity index (χ2v) is 9.75. The molecule has 1 amide bonds. The molecule has 2 fully saturated rings. The van der Waals surface area contributed by atoms with Gasteiger partial charge in [-0.05, 0) is 79.7 Å². The van der Waals surface area contributed by atoms with Crippen molar-refractivity contribution in [2.45, 2.75) is 57.3 Å².